The number of hydrogen-bond acceptors (Lipinski definition) is 6. The van der Waals surface area contributed by atoms with E-state index in [0.29, 0.717) is 26.1 Å². The molecule has 0 spiro atoms. The molecule has 0 aromatic heterocycles. The molecule has 0 fully saturated rings. The molecule has 0 bridgehead atoms. The van der Waals surface area contributed by atoms with Gasteiger partial charge in [0.15, 0.2) is 0 Å². The summed E-state index contributed by atoms with van der Waals surface area (Å²) in [5.41, 5.74) is -0.596. The zero-order chi connectivity index (χ0) is 23.7. The van der Waals surface area contributed by atoms with E-state index in [-0.39, 0.29) is 13.1 Å². The van der Waals surface area contributed by atoms with Gasteiger partial charge in [-0.1, -0.05) is 27.2 Å². The molecule has 30 heavy (non-hydrogen) atoms. The highest BCUT2D eigenvalue weighted by Gasteiger charge is 2.23. The second-order valence-corrected chi connectivity index (χ2v) is 7.58. The first-order valence-corrected chi connectivity index (χ1v) is 10.2. The Balaban J connectivity index is 0. The van der Waals surface area contributed by atoms with Gasteiger partial charge in [0.1, 0.15) is 18.7 Å². The van der Waals surface area contributed by atoms with Gasteiger partial charge in [0, 0.05) is 13.1 Å². The van der Waals surface area contributed by atoms with Gasteiger partial charge in [-0.2, -0.15) is 0 Å². The van der Waals surface area contributed by atoms with E-state index in [4.69, 9.17) is 19.7 Å². The lowest BCUT2D eigenvalue weighted by molar-refractivity contribution is -0.139. The van der Waals surface area contributed by atoms with Crippen molar-refractivity contribution in [3.63, 3.8) is 0 Å². The summed E-state index contributed by atoms with van der Waals surface area (Å²) in [4.78, 5) is 46.3. The van der Waals surface area contributed by atoms with E-state index in [1.165, 1.54) is 9.80 Å². The van der Waals surface area contributed by atoms with Gasteiger partial charge < -0.3 is 19.7 Å². The van der Waals surface area contributed by atoms with Crippen molar-refractivity contribution in [2.45, 2.75) is 72.8 Å². The topological polar surface area (TPSA) is 134 Å². The van der Waals surface area contributed by atoms with E-state index in [2.05, 4.69) is 0 Å². The number of carbonyl (C=O) groups excluding carboxylic acids is 2. The molecule has 176 valence electrons. The highest BCUT2D eigenvalue weighted by Crippen LogP contribution is 2.10. The standard InChI is InChI=1S/2C10H19NO4/c1-5-6-11(7-8(12)13)9(14)15-10(2,3)4;1-3-5-7-15-10(14)11(6-4-2)8-9(12)13/h5-7H2,1-4H3,(H,12,13);3-8H2,1-2H3,(H,12,13). The van der Waals surface area contributed by atoms with Crippen molar-refractivity contribution in [1.82, 2.24) is 9.80 Å². The first-order valence-electron chi connectivity index (χ1n) is 10.2. The number of aliphatic carboxylic acids is 2. The van der Waals surface area contributed by atoms with Crippen molar-refractivity contribution in [3.8, 4) is 0 Å². The molecule has 2 N–H and O–H groups in total. The van der Waals surface area contributed by atoms with Crippen LogP contribution in [0, 0.1) is 0 Å². The van der Waals surface area contributed by atoms with E-state index in [1.807, 2.05) is 20.8 Å². The summed E-state index contributed by atoms with van der Waals surface area (Å²) in [6.07, 6.45) is 2.06. The van der Waals surface area contributed by atoms with Crippen LogP contribution in [-0.2, 0) is 19.1 Å². The lowest BCUT2D eigenvalue weighted by Gasteiger charge is -2.25. The predicted octanol–water partition coefficient (Wildman–Crippen LogP) is 3.44. The fourth-order valence-corrected chi connectivity index (χ4v) is 2.06. The van der Waals surface area contributed by atoms with Crippen molar-refractivity contribution in [2.24, 2.45) is 0 Å². The Bertz CT molecular complexity index is 531. The van der Waals surface area contributed by atoms with E-state index in [1.54, 1.807) is 20.8 Å². The van der Waals surface area contributed by atoms with Crippen LogP contribution in [0.25, 0.3) is 0 Å². The molecule has 0 aliphatic rings. The summed E-state index contributed by atoms with van der Waals surface area (Å²) in [6, 6.07) is 0. The fraction of sp³-hybridized carbons (Fsp3) is 0.800. The highest BCUT2D eigenvalue weighted by atomic mass is 16.6. The zero-order valence-electron chi connectivity index (χ0n) is 19.1. The van der Waals surface area contributed by atoms with E-state index < -0.39 is 29.7 Å². The summed E-state index contributed by atoms with van der Waals surface area (Å²) in [6.45, 7) is 11.5. The van der Waals surface area contributed by atoms with Gasteiger partial charge >= 0.3 is 24.1 Å². The molecular weight excluding hydrogens is 396 g/mol. The Labute approximate surface area is 179 Å². The number of hydrogen-bond donors (Lipinski definition) is 2. The van der Waals surface area contributed by atoms with Crippen LogP contribution < -0.4 is 0 Å². The Morgan fingerprint density at radius 2 is 1.20 bits per heavy atom. The molecule has 0 aromatic rings. The molecule has 0 heterocycles. The first kappa shape index (κ1) is 29.7. The van der Waals surface area contributed by atoms with Gasteiger partial charge in [0.25, 0.3) is 0 Å². The average Bonchev–Trinajstić information content (AvgIpc) is 2.59. The van der Waals surface area contributed by atoms with Crippen molar-refractivity contribution >= 4 is 24.1 Å². The molecule has 2 amide bonds. The number of amides is 2. The lowest BCUT2D eigenvalue weighted by Crippen LogP contribution is -2.40. The smallest absolute Gasteiger partial charge is 0.410 e. The van der Waals surface area contributed by atoms with Gasteiger partial charge in [0.2, 0.25) is 0 Å². The summed E-state index contributed by atoms with van der Waals surface area (Å²) in [5, 5.41) is 17.2. The summed E-state index contributed by atoms with van der Waals surface area (Å²) in [7, 11) is 0. The third kappa shape index (κ3) is 17.6. The Hall–Kier alpha value is -2.52. The number of carboxylic acid groups (broad SMARTS) is 2. The van der Waals surface area contributed by atoms with Crippen LogP contribution in [-0.4, -0.2) is 82.5 Å². The van der Waals surface area contributed by atoms with Crippen LogP contribution in [0.4, 0.5) is 9.59 Å². The van der Waals surface area contributed by atoms with E-state index in [0.717, 1.165) is 19.3 Å². The number of unbranched alkanes of at least 4 members (excludes halogenated alkanes) is 1. The van der Waals surface area contributed by atoms with E-state index in [9.17, 15) is 19.2 Å². The van der Waals surface area contributed by atoms with Gasteiger partial charge in [-0.3, -0.25) is 19.4 Å². The second kappa shape index (κ2) is 16.3. The van der Waals surface area contributed by atoms with Crippen molar-refractivity contribution in [1.29, 1.82) is 0 Å². The summed E-state index contributed by atoms with van der Waals surface area (Å²) >= 11 is 0. The van der Waals surface area contributed by atoms with Crippen molar-refractivity contribution in [3.05, 3.63) is 0 Å². The quantitative estimate of drug-likeness (QED) is 0.472. The molecular formula is C20H38N2O8. The van der Waals surface area contributed by atoms with Crippen LogP contribution in [0.2, 0.25) is 0 Å². The molecule has 10 nitrogen and oxygen atoms in total. The Morgan fingerprint density at radius 3 is 1.53 bits per heavy atom. The zero-order valence-corrected chi connectivity index (χ0v) is 19.1. The van der Waals surface area contributed by atoms with Crippen molar-refractivity contribution < 1.29 is 38.9 Å². The number of carbonyl (C=O) groups is 4. The number of ether oxygens (including phenoxy) is 2. The molecule has 0 aliphatic heterocycles. The summed E-state index contributed by atoms with van der Waals surface area (Å²) < 4.78 is 10.00. The molecule has 0 radical (unpaired) electrons. The molecule has 0 aliphatic carbocycles. The van der Waals surface area contributed by atoms with Gasteiger partial charge in [-0.25, -0.2) is 9.59 Å². The monoisotopic (exact) mass is 434 g/mol. The maximum absolute atomic E-state index is 11.5. The minimum absolute atomic E-state index is 0.293. The maximum Gasteiger partial charge on any atom is 0.410 e. The maximum atomic E-state index is 11.5. The van der Waals surface area contributed by atoms with E-state index >= 15 is 0 Å². The largest absolute Gasteiger partial charge is 0.480 e. The molecule has 0 atom stereocenters. The van der Waals surface area contributed by atoms with Gasteiger partial charge in [-0.05, 0) is 40.0 Å². The molecule has 0 unspecified atom stereocenters. The Kier molecular flexibility index (Phi) is 16.1. The average molecular weight is 435 g/mol. The predicted molar refractivity (Wildman–Crippen MR) is 111 cm³/mol. The van der Waals surface area contributed by atoms with Crippen LogP contribution in [0.1, 0.15) is 67.2 Å². The van der Waals surface area contributed by atoms with Gasteiger partial charge in [-0.15, -0.1) is 0 Å². The summed E-state index contributed by atoms with van der Waals surface area (Å²) in [5.74, 6) is -2.05. The third-order valence-corrected chi connectivity index (χ3v) is 3.27. The second-order valence-electron chi connectivity index (χ2n) is 7.58. The third-order valence-electron chi connectivity index (χ3n) is 3.27. The van der Waals surface area contributed by atoms with Crippen LogP contribution in [0.15, 0.2) is 0 Å². The first-order chi connectivity index (χ1) is 13.9. The molecule has 0 saturated heterocycles. The molecule has 10 heteroatoms. The molecule has 0 aromatic carbocycles. The van der Waals surface area contributed by atoms with Crippen LogP contribution in [0.5, 0.6) is 0 Å². The molecule has 0 rings (SSSR count). The van der Waals surface area contributed by atoms with Crippen LogP contribution >= 0.6 is 0 Å². The fourth-order valence-electron chi connectivity index (χ4n) is 2.06. The van der Waals surface area contributed by atoms with Crippen molar-refractivity contribution in [2.75, 3.05) is 32.8 Å². The number of rotatable bonds is 11. The lowest BCUT2D eigenvalue weighted by atomic mass is 10.2. The Morgan fingerprint density at radius 1 is 0.767 bits per heavy atom. The number of carboxylic acids is 2. The van der Waals surface area contributed by atoms with Crippen LogP contribution in [0.3, 0.4) is 0 Å². The minimum atomic E-state index is -1.03. The number of nitrogens with zero attached hydrogens (tertiary/aromatic N) is 2. The van der Waals surface area contributed by atoms with Gasteiger partial charge in [0.05, 0.1) is 6.61 Å². The molecule has 0 saturated carbocycles. The normalized spacial score (nSPS) is 10.3. The SMILES string of the molecule is CCCCOC(=O)N(CCC)CC(=O)O.CCCN(CC(=O)O)C(=O)OC(C)(C)C. The minimum Gasteiger partial charge on any atom is -0.480 e. The highest BCUT2D eigenvalue weighted by molar-refractivity contribution is 5.77.